The average Bonchev–Trinajstić information content (AvgIpc) is 3.22. The molecule has 28 heavy (non-hydrogen) atoms. The van der Waals surface area contributed by atoms with Crippen molar-refractivity contribution in [1.82, 2.24) is 14.6 Å². The van der Waals surface area contributed by atoms with Gasteiger partial charge in [-0.05, 0) is 31.0 Å². The van der Waals surface area contributed by atoms with E-state index in [9.17, 15) is 4.79 Å². The number of hydrogen-bond acceptors (Lipinski definition) is 5. The van der Waals surface area contributed by atoms with Gasteiger partial charge in [0.05, 0.1) is 16.8 Å². The van der Waals surface area contributed by atoms with Crippen LogP contribution in [0.15, 0.2) is 45.8 Å². The normalized spacial score (nSPS) is 11.4. The minimum atomic E-state index is -0.0659. The standard InChI is InChI=1S/C21H22N4O2S/c1-4-14-7-6-8-15(10-14)22-20(26)12-28-21-17-11-18-16(9-13(3)27-18)25(17)19(5-2)23-24-21/h6-11H,4-5,12H2,1-3H3,(H,22,26). The molecule has 0 aliphatic carbocycles. The summed E-state index contributed by atoms with van der Waals surface area (Å²) in [6, 6.07) is 11.9. The van der Waals surface area contributed by atoms with Gasteiger partial charge in [0.1, 0.15) is 16.6 Å². The molecule has 0 atom stereocenters. The number of nitrogens with one attached hydrogen (secondary N) is 1. The van der Waals surface area contributed by atoms with Gasteiger partial charge >= 0.3 is 0 Å². The molecule has 1 aromatic carbocycles. The van der Waals surface area contributed by atoms with Crippen LogP contribution in [0.25, 0.3) is 16.6 Å². The Balaban J connectivity index is 1.56. The van der Waals surface area contributed by atoms with Crippen LogP contribution in [0.5, 0.6) is 0 Å². The minimum Gasteiger partial charge on any atom is -0.460 e. The number of rotatable bonds is 6. The molecule has 0 unspecified atom stereocenters. The van der Waals surface area contributed by atoms with E-state index in [0.717, 1.165) is 51.8 Å². The smallest absolute Gasteiger partial charge is 0.234 e. The zero-order valence-electron chi connectivity index (χ0n) is 16.2. The number of anilines is 1. The summed E-state index contributed by atoms with van der Waals surface area (Å²) >= 11 is 1.38. The number of aromatic nitrogens is 3. The maximum Gasteiger partial charge on any atom is 0.234 e. The molecule has 0 radical (unpaired) electrons. The molecule has 0 spiro atoms. The first-order valence-electron chi connectivity index (χ1n) is 9.37. The van der Waals surface area contributed by atoms with E-state index in [-0.39, 0.29) is 11.7 Å². The molecule has 3 aromatic heterocycles. The number of hydrogen-bond donors (Lipinski definition) is 1. The Morgan fingerprint density at radius 3 is 2.79 bits per heavy atom. The number of carbonyl (C=O) groups is 1. The van der Waals surface area contributed by atoms with Crippen LogP contribution in [0, 0.1) is 6.92 Å². The van der Waals surface area contributed by atoms with Crippen LogP contribution in [0.2, 0.25) is 0 Å². The first kappa shape index (κ1) is 18.6. The van der Waals surface area contributed by atoms with Crippen molar-refractivity contribution in [1.29, 1.82) is 0 Å². The summed E-state index contributed by atoms with van der Waals surface area (Å²) in [4.78, 5) is 12.4. The molecule has 6 nitrogen and oxygen atoms in total. The molecule has 144 valence electrons. The lowest BCUT2D eigenvalue weighted by Crippen LogP contribution is -2.14. The van der Waals surface area contributed by atoms with Crippen molar-refractivity contribution in [2.24, 2.45) is 0 Å². The summed E-state index contributed by atoms with van der Waals surface area (Å²) < 4.78 is 7.84. The van der Waals surface area contributed by atoms with Gasteiger partial charge in [-0.15, -0.1) is 10.2 Å². The maximum absolute atomic E-state index is 12.4. The van der Waals surface area contributed by atoms with Gasteiger partial charge in [-0.3, -0.25) is 9.20 Å². The Morgan fingerprint density at radius 1 is 1.14 bits per heavy atom. The summed E-state index contributed by atoms with van der Waals surface area (Å²) in [5.41, 5.74) is 4.73. The van der Waals surface area contributed by atoms with Crippen LogP contribution in [0.1, 0.15) is 31.0 Å². The van der Waals surface area contributed by atoms with Crippen molar-refractivity contribution < 1.29 is 9.21 Å². The van der Waals surface area contributed by atoms with E-state index in [2.05, 4.69) is 32.9 Å². The molecular formula is C21H22N4O2S. The fourth-order valence-corrected chi connectivity index (χ4v) is 4.02. The molecule has 7 heteroatoms. The van der Waals surface area contributed by atoms with Crippen molar-refractivity contribution >= 4 is 40.0 Å². The SMILES string of the molecule is CCc1cccc(NC(=O)CSc2nnc(CC)n3c2cc2oc(C)cc23)c1. The van der Waals surface area contributed by atoms with Crippen LogP contribution in [0.3, 0.4) is 0 Å². The van der Waals surface area contributed by atoms with E-state index in [1.54, 1.807) is 0 Å². The van der Waals surface area contributed by atoms with Gasteiger partial charge < -0.3 is 9.73 Å². The summed E-state index contributed by atoms with van der Waals surface area (Å²) in [7, 11) is 0. The average molecular weight is 395 g/mol. The molecule has 0 saturated carbocycles. The summed E-state index contributed by atoms with van der Waals surface area (Å²) in [5, 5.41) is 12.4. The topological polar surface area (TPSA) is 72.4 Å². The molecule has 4 aromatic rings. The predicted molar refractivity (Wildman–Crippen MR) is 112 cm³/mol. The highest BCUT2D eigenvalue weighted by Gasteiger charge is 2.16. The van der Waals surface area contributed by atoms with Crippen molar-refractivity contribution in [2.75, 3.05) is 11.1 Å². The van der Waals surface area contributed by atoms with E-state index in [1.807, 2.05) is 44.2 Å². The third-order valence-electron chi connectivity index (χ3n) is 4.62. The summed E-state index contributed by atoms with van der Waals surface area (Å²) in [6.45, 7) is 6.07. The number of aryl methyl sites for hydroxylation is 3. The van der Waals surface area contributed by atoms with Gasteiger partial charge in [-0.2, -0.15) is 0 Å². The van der Waals surface area contributed by atoms with Gasteiger partial charge in [0, 0.05) is 24.2 Å². The first-order chi connectivity index (χ1) is 13.6. The number of nitrogens with zero attached hydrogens (tertiary/aromatic N) is 3. The van der Waals surface area contributed by atoms with Crippen molar-refractivity contribution in [3.63, 3.8) is 0 Å². The Labute approximate surface area is 167 Å². The molecule has 3 heterocycles. The van der Waals surface area contributed by atoms with Gasteiger partial charge in [0.2, 0.25) is 5.91 Å². The zero-order chi connectivity index (χ0) is 19.7. The number of amides is 1. The third-order valence-corrected chi connectivity index (χ3v) is 5.59. The quantitative estimate of drug-likeness (QED) is 0.482. The fraction of sp³-hybridized carbons (Fsp3) is 0.286. The number of carbonyl (C=O) groups excluding carboxylic acids is 1. The Hall–Kier alpha value is -2.80. The molecule has 0 fully saturated rings. The number of furan rings is 1. The van der Waals surface area contributed by atoms with Crippen molar-refractivity contribution in [3.8, 4) is 0 Å². The second-order valence-electron chi connectivity index (χ2n) is 6.64. The van der Waals surface area contributed by atoms with Crippen molar-refractivity contribution in [2.45, 2.75) is 38.6 Å². The number of benzene rings is 1. The van der Waals surface area contributed by atoms with Crippen molar-refractivity contribution in [3.05, 3.63) is 53.5 Å². The highest BCUT2D eigenvalue weighted by atomic mass is 32.2. The van der Waals surface area contributed by atoms with Gasteiger partial charge in [0.25, 0.3) is 0 Å². The molecule has 1 N–H and O–H groups in total. The number of thioether (sulfide) groups is 1. The van der Waals surface area contributed by atoms with Gasteiger partial charge in [-0.25, -0.2) is 0 Å². The molecule has 0 saturated heterocycles. The highest BCUT2D eigenvalue weighted by Crippen LogP contribution is 2.30. The predicted octanol–water partition coefficient (Wildman–Crippen LogP) is 4.64. The first-order valence-corrected chi connectivity index (χ1v) is 10.4. The fourth-order valence-electron chi connectivity index (χ4n) is 3.28. The lowest BCUT2D eigenvalue weighted by molar-refractivity contribution is -0.113. The summed E-state index contributed by atoms with van der Waals surface area (Å²) in [5.74, 6) is 1.93. The lowest BCUT2D eigenvalue weighted by Gasteiger charge is -2.08. The second kappa shape index (κ2) is 7.67. The Bertz CT molecular complexity index is 1160. The van der Waals surface area contributed by atoms with Gasteiger partial charge in [-0.1, -0.05) is 37.7 Å². The van der Waals surface area contributed by atoms with Crippen LogP contribution < -0.4 is 5.32 Å². The largest absolute Gasteiger partial charge is 0.460 e. The molecule has 0 aliphatic heterocycles. The highest BCUT2D eigenvalue weighted by molar-refractivity contribution is 8.00. The van der Waals surface area contributed by atoms with Gasteiger partial charge in [0.15, 0.2) is 5.58 Å². The zero-order valence-corrected chi connectivity index (χ0v) is 17.0. The molecule has 1 amide bonds. The lowest BCUT2D eigenvalue weighted by atomic mass is 10.1. The van der Waals surface area contributed by atoms with E-state index < -0.39 is 0 Å². The van der Waals surface area contributed by atoms with Crippen LogP contribution in [-0.4, -0.2) is 26.3 Å². The van der Waals surface area contributed by atoms with E-state index in [4.69, 9.17) is 4.42 Å². The maximum atomic E-state index is 12.4. The molecule has 0 aliphatic rings. The molecular weight excluding hydrogens is 372 g/mol. The van der Waals surface area contributed by atoms with Crippen LogP contribution in [-0.2, 0) is 17.6 Å². The molecule has 4 rings (SSSR count). The second-order valence-corrected chi connectivity index (χ2v) is 7.60. The van der Waals surface area contributed by atoms with Crippen LogP contribution in [0.4, 0.5) is 5.69 Å². The molecule has 0 bridgehead atoms. The van der Waals surface area contributed by atoms with E-state index >= 15 is 0 Å². The monoisotopic (exact) mass is 394 g/mol. The van der Waals surface area contributed by atoms with Crippen LogP contribution >= 0.6 is 11.8 Å². The third kappa shape index (κ3) is 3.49. The minimum absolute atomic E-state index is 0.0659. The van der Waals surface area contributed by atoms with E-state index in [1.165, 1.54) is 17.3 Å². The Kier molecular flexibility index (Phi) is 5.09. The number of fused-ring (bicyclic) bond motifs is 3. The summed E-state index contributed by atoms with van der Waals surface area (Å²) in [6.07, 6.45) is 1.70. The van der Waals surface area contributed by atoms with E-state index in [0.29, 0.717) is 0 Å². The Morgan fingerprint density at radius 2 is 2.00 bits per heavy atom.